The van der Waals surface area contributed by atoms with E-state index in [1.165, 1.54) is 0 Å². The van der Waals surface area contributed by atoms with Crippen molar-refractivity contribution < 1.29 is 23.9 Å². The van der Waals surface area contributed by atoms with Gasteiger partial charge in [0.15, 0.2) is 0 Å². The van der Waals surface area contributed by atoms with Gasteiger partial charge in [-0.2, -0.15) is 0 Å². The van der Waals surface area contributed by atoms with Crippen LogP contribution in [0.3, 0.4) is 0 Å². The Morgan fingerprint density at radius 3 is 2.30 bits per heavy atom. The summed E-state index contributed by atoms with van der Waals surface area (Å²) in [5.74, 6) is -1.39. The molecule has 0 aromatic carbocycles. The summed E-state index contributed by atoms with van der Waals surface area (Å²) >= 11 is 0. The lowest BCUT2D eigenvalue weighted by atomic mass is 9.66. The van der Waals surface area contributed by atoms with Gasteiger partial charge < -0.3 is 14.3 Å². The summed E-state index contributed by atoms with van der Waals surface area (Å²) < 4.78 is 11.5. The number of carboxylic acids is 1. The normalized spacial score (nSPS) is 25.5. The molecule has 0 radical (unpaired) electrons. The van der Waals surface area contributed by atoms with Crippen LogP contribution in [0.1, 0.15) is 47.0 Å². The van der Waals surface area contributed by atoms with Gasteiger partial charge in [-0.05, 0) is 59.3 Å². The Morgan fingerprint density at radius 1 is 1.35 bits per heavy atom. The number of aliphatic carboxylic acids is 1. The molecule has 6 heteroatoms. The summed E-state index contributed by atoms with van der Waals surface area (Å²) in [5.41, 5.74) is -1.76. The first-order chi connectivity index (χ1) is 10.3. The predicted octanol–water partition coefficient (Wildman–Crippen LogP) is 3.95. The minimum Gasteiger partial charge on any atom is -0.548 e. The third kappa shape index (κ3) is 5.09. The summed E-state index contributed by atoms with van der Waals surface area (Å²) in [6, 6.07) is 0. The number of ether oxygens (including phenoxy) is 1. The van der Waals surface area contributed by atoms with E-state index in [4.69, 9.17) is 9.16 Å². The molecule has 0 aromatic rings. The molecule has 0 saturated heterocycles. The van der Waals surface area contributed by atoms with E-state index >= 15 is 0 Å². The van der Waals surface area contributed by atoms with Gasteiger partial charge in [0.1, 0.15) is 5.60 Å². The number of carboxylic acid groups (broad SMARTS) is 1. The van der Waals surface area contributed by atoms with E-state index in [9.17, 15) is 14.7 Å². The van der Waals surface area contributed by atoms with Crippen molar-refractivity contribution in [3.8, 4) is 0 Å². The number of hydrogen-bond donors (Lipinski definition) is 1. The van der Waals surface area contributed by atoms with Gasteiger partial charge >= 0.3 is 11.9 Å². The van der Waals surface area contributed by atoms with Gasteiger partial charge in [0.05, 0.1) is 17.1 Å². The van der Waals surface area contributed by atoms with E-state index in [1.807, 2.05) is 13.0 Å². The van der Waals surface area contributed by atoms with E-state index in [1.54, 1.807) is 20.8 Å². The molecule has 2 atom stereocenters. The monoisotopic (exact) mass is 342 g/mol. The van der Waals surface area contributed by atoms with E-state index in [2.05, 4.69) is 19.6 Å². The number of carbonyl (C=O) groups is 2. The first-order valence-corrected chi connectivity index (χ1v) is 11.6. The van der Waals surface area contributed by atoms with Crippen molar-refractivity contribution in [1.29, 1.82) is 0 Å². The second kappa shape index (κ2) is 6.67. The highest BCUT2D eigenvalue weighted by Gasteiger charge is 2.51. The van der Waals surface area contributed by atoms with Crippen molar-refractivity contribution in [3.63, 3.8) is 0 Å². The molecule has 0 bridgehead atoms. The maximum absolute atomic E-state index is 12.6. The van der Waals surface area contributed by atoms with Crippen molar-refractivity contribution in [1.82, 2.24) is 0 Å². The molecule has 0 heterocycles. The lowest BCUT2D eigenvalue weighted by Gasteiger charge is -2.40. The van der Waals surface area contributed by atoms with Gasteiger partial charge in [-0.1, -0.05) is 6.92 Å². The fourth-order valence-electron chi connectivity index (χ4n) is 2.85. The van der Waals surface area contributed by atoms with Crippen LogP contribution in [0.25, 0.3) is 0 Å². The van der Waals surface area contributed by atoms with E-state index in [-0.39, 0.29) is 0 Å². The Hall–Kier alpha value is -1.30. The van der Waals surface area contributed by atoms with Crippen molar-refractivity contribution >= 4 is 20.3 Å². The molecule has 0 spiro atoms. The van der Waals surface area contributed by atoms with Crippen molar-refractivity contribution in [2.45, 2.75) is 72.2 Å². The largest absolute Gasteiger partial charge is 0.548 e. The van der Waals surface area contributed by atoms with E-state index in [0.717, 1.165) is 5.76 Å². The van der Waals surface area contributed by atoms with E-state index < -0.39 is 37.2 Å². The van der Waals surface area contributed by atoms with Crippen LogP contribution in [-0.2, 0) is 18.8 Å². The average molecular weight is 343 g/mol. The highest BCUT2D eigenvalue weighted by Crippen LogP contribution is 2.45. The summed E-state index contributed by atoms with van der Waals surface area (Å²) in [7, 11) is -1.81. The second-order valence-electron chi connectivity index (χ2n) is 8.19. The lowest BCUT2D eigenvalue weighted by Crippen LogP contribution is -2.46. The number of hydrogen-bond acceptors (Lipinski definition) is 4. The molecule has 0 amide bonds. The Kier molecular flexibility index (Phi) is 5.73. The van der Waals surface area contributed by atoms with Crippen LogP contribution in [0.5, 0.6) is 0 Å². The van der Waals surface area contributed by atoms with Crippen molar-refractivity contribution in [2.24, 2.45) is 11.3 Å². The van der Waals surface area contributed by atoms with Crippen LogP contribution < -0.4 is 0 Å². The molecule has 132 valence electrons. The number of esters is 1. The molecule has 0 saturated carbocycles. The van der Waals surface area contributed by atoms with Crippen LogP contribution in [-0.4, -0.2) is 31.0 Å². The molecule has 0 aromatic heterocycles. The third-order valence-electron chi connectivity index (χ3n) is 3.95. The van der Waals surface area contributed by atoms with Gasteiger partial charge in [-0.25, -0.2) is 0 Å². The molecular formula is C17H30O5Si. The molecule has 1 N–H and O–H groups in total. The molecule has 0 fully saturated rings. The van der Waals surface area contributed by atoms with Gasteiger partial charge in [0.25, 0.3) is 0 Å². The molecule has 23 heavy (non-hydrogen) atoms. The predicted molar refractivity (Wildman–Crippen MR) is 91.4 cm³/mol. The first kappa shape index (κ1) is 19.7. The maximum Gasteiger partial charge on any atom is 0.311 e. The smallest absolute Gasteiger partial charge is 0.311 e. The fraction of sp³-hybridized carbons (Fsp3) is 0.765. The van der Waals surface area contributed by atoms with Crippen LogP contribution >= 0.6 is 0 Å². The zero-order valence-electron chi connectivity index (χ0n) is 15.4. The second-order valence-corrected chi connectivity index (χ2v) is 12.6. The standard InChI is InChI=1S/C17H30O5Si/c1-8-17(15(19)20)10-9-12(22-23(5,6)7)11-13(17)14(18)21-16(2,3)4/h9,13H,8,10-11H2,1-7H3,(H,19,20). The van der Waals surface area contributed by atoms with E-state index in [0.29, 0.717) is 19.3 Å². The zero-order valence-corrected chi connectivity index (χ0v) is 16.4. The average Bonchev–Trinajstić information content (AvgIpc) is 2.34. The number of carbonyl (C=O) groups excluding carboxylic acids is 1. The minimum absolute atomic E-state index is 0.291. The van der Waals surface area contributed by atoms with Gasteiger partial charge in [0, 0.05) is 6.42 Å². The molecule has 2 unspecified atom stereocenters. The summed E-state index contributed by atoms with van der Waals surface area (Å²) in [5, 5.41) is 9.76. The topological polar surface area (TPSA) is 72.8 Å². The van der Waals surface area contributed by atoms with Crippen molar-refractivity contribution in [2.75, 3.05) is 0 Å². The Labute approximate surface area is 140 Å². The number of rotatable bonds is 5. The van der Waals surface area contributed by atoms with Gasteiger partial charge in [-0.15, -0.1) is 0 Å². The molecule has 0 aliphatic heterocycles. The highest BCUT2D eigenvalue weighted by atomic mass is 28.4. The molecule has 1 aliphatic carbocycles. The van der Waals surface area contributed by atoms with Gasteiger partial charge in [0.2, 0.25) is 8.32 Å². The first-order valence-electron chi connectivity index (χ1n) is 8.15. The Morgan fingerprint density at radius 2 is 1.91 bits per heavy atom. The lowest BCUT2D eigenvalue weighted by molar-refractivity contribution is -0.174. The molecule has 1 aliphatic rings. The SMILES string of the molecule is CCC1(C(=O)O)CC=C(O[Si](C)(C)C)CC1C(=O)OC(C)(C)C. The minimum atomic E-state index is -1.81. The maximum atomic E-state index is 12.6. The van der Waals surface area contributed by atoms with Crippen LogP contribution in [0, 0.1) is 11.3 Å². The van der Waals surface area contributed by atoms with Crippen LogP contribution in [0.15, 0.2) is 11.8 Å². The quantitative estimate of drug-likeness (QED) is 0.605. The molecule has 1 rings (SSSR count). The summed E-state index contributed by atoms with van der Waals surface area (Å²) in [6.45, 7) is 13.4. The fourth-order valence-corrected chi connectivity index (χ4v) is 3.81. The Balaban J connectivity index is 3.15. The van der Waals surface area contributed by atoms with Gasteiger partial charge in [-0.3, -0.25) is 9.59 Å². The zero-order chi connectivity index (χ0) is 18.1. The highest BCUT2D eigenvalue weighted by molar-refractivity contribution is 6.70. The summed E-state index contributed by atoms with van der Waals surface area (Å²) in [4.78, 5) is 24.6. The third-order valence-corrected chi connectivity index (χ3v) is 4.83. The van der Waals surface area contributed by atoms with Crippen LogP contribution in [0.2, 0.25) is 19.6 Å². The van der Waals surface area contributed by atoms with Crippen molar-refractivity contribution in [3.05, 3.63) is 11.8 Å². The molecular weight excluding hydrogens is 312 g/mol. The van der Waals surface area contributed by atoms with Crippen LogP contribution in [0.4, 0.5) is 0 Å². The number of allylic oxidation sites excluding steroid dienone is 2. The Bertz CT molecular complexity index is 498. The summed E-state index contributed by atoms with van der Waals surface area (Å²) in [6.07, 6.45) is 2.81. The molecule has 5 nitrogen and oxygen atoms in total.